The third kappa shape index (κ3) is 3.62. The van der Waals surface area contributed by atoms with Crippen LogP contribution in [-0.4, -0.2) is 30.8 Å². The van der Waals surface area contributed by atoms with E-state index < -0.39 is 21.4 Å². The molecule has 0 unspecified atom stereocenters. The molecule has 1 saturated heterocycles. The SMILES string of the molecule is O=S1(=Nc2cc(F)c3c(Cc4ccc(F)cc4O)ncnc3c2)CCCC1. The highest BCUT2D eigenvalue weighted by molar-refractivity contribution is 7.93. The minimum absolute atomic E-state index is 0.120. The molecule has 0 atom stereocenters. The van der Waals surface area contributed by atoms with Crippen molar-refractivity contribution in [2.45, 2.75) is 19.3 Å². The van der Waals surface area contributed by atoms with E-state index in [9.17, 15) is 18.1 Å². The molecule has 8 heteroatoms. The second-order valence-corrected chi connectivity index (χ2v) is 9.12. The number of benzene rings is 2. The van der Waals surface area contributed by atoms with Crippen molar-refractivity contribution in [1.82, 2.24) is 9.97 Å². The first-order valence-electron chi connectivity index (χ1n) is 8.57. The lowest BCUT2D eigenvalue weighted by atomic mass is 10.0. The maximum Gasteiger partial charge on any atom is 0.136 e. The minimum atomic E-state index is -2.31. The molecule has 2 aromatic carbocycles. The molecule has 1 N–H and O–H groups in total. The van der Waals surface area contributed by atoms with Crippen molar-refractivity contribution in [3.05, 3.63) is 59.6 Å². The van der Waals surface area contributed by atoms with E-state index in [-0.39, 0.29) is 17.6 Å². The zero-order valence-corrected chi connectivity index (χ0v) is 15.2. The van der Waals surface area contributed by atoms with Crippen LogP contribution in [0.1, 0.15) is 24.1 Å². The second kappa shape index (κ2) is 6.84. The van der Waals surface area contributed by atoms with Gasteiger partial charge in [-0.2, -0.15) is 4.36 Å². The van der Waals surface area contributed by atoms with Crippen molar-refractivity contribution in [3.63, 3.8) is 0 Å². The number of aromatic nitrogens is 2. The van der Waals surface area contributed by atoms with Gasteiger partial charge in [-0.05, 0) is 25.0 Å². The largest absolute Gasteiger partial charge is 0.508 e. The summed E-state index contributed by atoms with van der Waals surface area (Å²) in [6, 6.07) is 6.50. The van der Waals surface area contributed by atoms with Gasteiger partial charge in [0.15, 0.2) is 0 Å². The van der Waals surface area contributed by atoms with Crippen LogP contribution in [0.25, 0.3) is 10.9 Å². The summed E-state index contributed by atoms with van der Waals surface area (Å²) >= 11 is 0. The van der Waals surface area contributed by atoms with E-state index >= 15 is 0 Å². The van der Waals surface area contributed by atoms with Gasteiger partial charge in [-0.3, -0.25) is 0 Å². The summed E-state index contributed by atoms with van der Waals surface area (Å²) < 4.78 is 44.9. The summed E-state index contributed by atoms with van der Waals surface area (Å²) in [6.07, 6.45) is 3.16. The Morgan fingerprint density at radius 3 is 2.63 bits per heavy atom. The first-order chi connectivity index (χ1) is 12.9. The van der Waals surface area contributed by atoms with E-state index in [4.69, 9.17) is 0 Å². The Bertz CT molecular complexity index is 1150. The fourth-order valence-corrected chi connectivity index (χ4v) is 5.47. The van der Waals surface area contributed by atoms with Crippen LogP contribution >= 0.6 is 0 Å². The van der Waals surface area contributed by atoms with Crippen LogP contribution in [0, 0.1) is 11.6 Å². The van der Waals surface area contributed by atoms with Gasteiger partial charge in [-0.1, -0.05) is 6.07 Å². The Hall–Kier alpha value is -2.61. The second-order valence-electron chi connectivity index (χ2n) is 6.57. The zero-order chi connectivity index (χ0) is 19.0. The van der Waals surface area contributed by atoms with E-state index in [0.717, 1.165) is 18.9 Å². The lowest BCUT2D eigenvalue weighted by Gasteiger charge is -2.09. The number of phenols is 1. The molecule has 0 aliphatic carbocycles. The van der Waals surface area contributed by atoms with Crippen molar-refractivity contribution in [2.24, 2.45) is 4.36 Å². The molecule has 4 rings (SSSR count). The van der Waals surface area contributed by atoms with Gasteiger partial charge in [0.2, 0.25) is 0 Å². The molecule has 0 saturated carbocycles. The Morgan fingerprint density at radius 1 is 1.11 bits per heavy atom. The lowest BCUT2D eigenvalue weighted by molar-refractivity contribution is 0.463. The topological polar surface area (TPSA) is 75.4 Å². The molecule has 1 aromatic heterocycles. The number of phenolic OH excluding ortho intramolecular Hbond substituents is 1. The predicted octanol–water partition coefficient (Wildman–Crippen LogP) is 4.10. The number of hydrogen-bond donors (Lipinski definition) is 1. The summed E-state index contributed by atoms with van der Waals surface area (Å²) in [5.41, 5.74) is 1.46. The third-order valence-electron chi connectivity index (χ3n) is 4.61. The van der Waals surface area contributed by atoms with Crippen LogP contribution in [-0.2, 0) is 16.1 Å². The van der Waals surface area contributed by atoms with Gasteiger partial charge in [-0.25, -0.2) is 23.0 Å². The number of aromatic hydroxyl groups is 1. The molecule has 3 aromatic rings. The first-order valence-corrected chi connectivity index (χ1v) is 10.4. The van der Waals surface area contributed by atoms with Crippen molar-refractivity contribution < 1.29 is 18.1 Å². The van der Waals surface area contributed by atoms with Gasteiger partial charge in [0.1, 0.15) is 23.7 Å². The van der Waals surface area contributed by atoms with Gasteiger partial charge < -0.3 is 5.11 Å². The van der Waals surface area contributed by atoms with Crippen LogP contribution in [0.2, 0.25) is 0 Å². The van der Waals surface area contributed by atoms with E-state index in [0.29, 0.717) is 34.0 Å². The average Bonchev–Trinajstić information content (AvgIpc) is 3.03. The van der Waals surface area contributed by atoms with E-state index in [1.807, 2.05) is 0 Å². The number of nitrogens with zero attached hydrogens (tertiary/aromatic N) is 3. The van der Waals surface area contributed by atoms with Crippen LogP contribution in [0.3, 0.4) is 0 Å². The lowest BCUT2D eigenvalue weighted by Crippen LogP contribution is -2.00. The minimum Gasteiger partial charge on any atom is -0.508 e. The molecular formula is C19H17F2N3O2S. The molecule has 0 bridgehead atoms. The van der Waals surface area contributed by atoms with E-state index in [1.54, 1.807) is 6.07 Å². The average molecular weight is 389 g/mol. The summed E-state index contributed by atoms with van der Waals surface area (Å²) in [7, 11) is -2.31. The number of halogens is 2. The number of hydrogen-bond acceptors (Lipinski definition) is 5. The summed E-state index contributed by atoms with van der Waals surface area (Å²) in [4.78, 5) is 8.24. The number of rotatable bonds is 3. The Balaban J connectivity index is 1.78. The zero-order valence-electron chi connectivity index (χ0n) is 14.4. The highest BCUT2D eigenvalue weighted by Crippen LogP contribution is 2.30. The van der Waals surface area contributed by atoms with Gasteiger partial charge >= 0.3 is 0 Å². The smallest absolute Gasteiger partial charge is 0.136 e. The van der Waals surface area contributed by atoms with Gasteiger partial charge in [0.05, 0.1) is 32.0 Å². The molecular weight excluding hydrogens is 372 g/mol. The fourth-order valence-electron chi connectivity index (χ4n) is 3.29. The van der Waals surface area contributed by atoms with Crippen molar-refractivity contribution in [2.75, 3.05) is 11.5 Å². The molecule has 1 aliphatic heterocycles. The molecule has 1 aliphatic rings. The maximum atomic E-state index is 14.8. The molecule has 5 nitrogen and oxygen atoms in total. The Labute approximate surface area is 155 Å². The first kappa shape index (κ1) is 17.8. The quantitative estimate of drug-likeness (QED) is 0.732. The molecule has 1 fully saturated rings. The summed E-state index contributed by atoms with van der Waals surface area (Å²) in [5.74, 6) is -0.268. The van der Waals surface area contributed by atoms with Crippen LogP contribution in [0.5, 0.6) is 5.75 Å². The van der Waals surface area contributed by atoms with Crippen molar-refractivity contribution in [1.29, 1.82) is 0 Å². The summed E-state index contributed by atoms with van der Waals surface area (Å²) in [6.45, 7) is 0. The van der Waals surface area contributed by atoms with Crippen molar-refractivity contribution >= 4 is 26.3 Å². The molecule has 0 radical (unpaired) electrons. The molecule has 140 valence electrons. The van der Waals surface area contributed by atoms with Gasteiger partial charge in [0.25, 0.3) is 0 Å². The van der Waals surface area contributed by atoms with Gasteiger partial charge in [0, 0.05) is 35.6 Å². The molecule has 0 spiro atoms. The van der Waals surface area contributed by atoms with E-state index in [2.05, 4.69) is 14.3 Å². The summed E-state index contributed by atoms with van der Waals surface area (Å²) in [5, 5.41) is 10.1. The standard InChI is InChI=1S/C19H17F2N3O2S/c20-13-4-3-12(18(25)8-13)7-16-19-15(21)9-14(10-17(19)23-11-22-16)24-27(26)5-1-2-6-27/h3-4,8-11,25H,1-2,5-7H2. The Morgan fingerprint density at radius 2 is 1.89 bits per heavy atom. The van der Waals surface area contributed by atoms with Crippen LogP contribution in [0.4, 0.5) is 14.5 Å². The number of fused-ring (bicyclic) bond motifs is 1. The third-order valence-corrected chi connectivity index (χ3v) is 7.00. The highest BCUT2D eigenvalue weighted by atomic mass is 32.2. The van der Waals surface area contributed by atoms with Crippen LogP contribution < -0.4 is 0 Å². The molecule has 0 amide bonds. The highest BCUT2D eigenvalue weighted by Gasteiger charge is 2.18. The van der Waals surface area contributed by atoms with E-state index in [1.165, 1.54) is 24.5 Å². The van der Waals surface area contributed by atoms with Crippen molar-refractivity contribution in [3.8, 4) is 5.75 Å². The molecule has 27 heavy (non-hydrogen) atoms. The van der Waals surface area contributed by atoms with Gasteiger partial charge in [-0.15, -0.1) is 0 Å². The maximum absolute atomic E-state index is 14.8. The molecule has 2 heterocycles. The van der Waals surface area contributed by atoms with Crippen LogP contribution in [0.15, 0.2) is 41.0 Å². The normalized spacial score (nSPS) is 15.9. The Kier molecular flexibility index (Phi) is 4.51. The fraction of sp³-hybridized carbons (Fsp3) is 0.263. The predicted molar refractivity (Wildman–Crippen MR) is 99.6 cm³/mol. The monoisotopic (exact) mass is 389 g/mol.